The van der Waals surface area contributed by atoms with Gasteiger partial charge < -0.3 is 15.5 Å². The molecule has 7 heteroatoms. The van der Waals surface area contributed by atoms with Gasteiger partial charge in [-0.3, -0.25) is 4.99 Å². The van der Waals surface area contributed by atoms with E-state index < -0.39 is 0 Å². The Morgan fingerprint density at radius 3 is 2.79 bits per heavy atom. The number of aromatic nitrogens is 1. The van der Waals surface area contributed by atoms with Crippen molar-refractivity contribution < 1.29 is 0 Å². The molecule has 0 spiro atoms. The Labute approximate surface area is 196 Å². The molecular formula is C22H34IN5S. The minimum absolute atomic E-state index is 0. The minimum Gasteiger partial charge on any atom is -0.357 e. The van der Waals surface area contributed by atoms with Crippen molar-refractivity contribution in [3.05, 3.63) is 52.0 Å². The van der Waals surface area contributed by atoms with Crippen molar-refractivity contribution in [1.82, 2.24) is 20.5 Å². The molecule has 0 aliphatic carbocycles. The summed E-state index contributed by atoms with van der Waals surface area (Å²) in [7, 11) is 0. The standard InChI is InChI=1S/C22H33N5S.HI/c1-3-23-22(24-12-9-21-17-28-18(2)26-21)25-15-20-11-14-27(16-20)13-10-19-7-5-4-6-8-19;/h4-8,17,20H,3,9-16H2,1-2H3,(H2,23,24,25);1H. The third-order valence-electron chi connectivity index (χ3n) is 5.12. The predicted octanol–water partition coefficient (Wildman–Crippen LogP) is 3.73. The van der Waals surface area contributed by atoms with Crippen LogP contribution in [-0.2, 0) is 12.8 Å². The zero-order valence-electron chi connectivity index (χ0n) is 17.6. The molecule has 1 unspecified atom stereocenters. The van der Waals surface area contributed by atoms with E-state index in [0.29, 0.717) is 5.92 Å². The smallest absolute Gasteiger partial charge is 0.191 e. The van der Waals surface area contributed by atoms with Crippen molar-refractivity contribution in [1.29, 1.82) is 0 Å². The lowest BCUT2D eigenvalue weighted by molar-refractivity contribution is 0.329. The highest BCUT2D eigenvalue weighted by atomic mass is 127. The summed E-state index contributed by atoms with van der Waals surface area (Å²) in [5.74, 6) is 1.59. The maximum Gasteiger partial charge on any atom is 0.191 e. The molecular weight excluding hydrogens is 493 g/mol. The van der Waals surface area contributed by atoms with Crippen LogP contribution in [0.5, 0.6) is 0 Å². The number of rotatable bonds is 9. The number of nitrogens with zero attached hydrogens (tertiary/aromatic N) is 3. The van der Waals surface area contributed by atoms with Crippen molar-refractivity contribution in [3.63, 3.8) is 0 Å². The van der Waals surface area contributed by atoms with E-state index in [0.717, 1.165) is 62.2 Å². The SMILES string of the molecule is CCNC(=NCC1CCN(CCc2ccccc2)C1)NCCc1csc(C)n1.I. The fourth-order valence-electron chi connectivity index (χ4n) is 3.59. The second-order valence-electron chi connectivity index (χ2n) is 7.45. The van der Waals surface area contributed by atoms with Crippen molar-refractivity contribution in [3.8, 4) is 0 Å². The molecule has 1 aliphatic heterocycles. The monoisotopic (exact) mass is 527 g/mol. The Kier molecular flexibility index (Phi) is 10.9. The lowest BCUT2D eigenvalue weighted by Crippen LogP contribution is -2.38. The molecule has 29 heavy (non-hydrogen) atoms. The molecule has 160 valence electrons. The van der Waals surface area contributed by atoms with Gasteiger partial charge in [0.25, 0.3) is 0 Å². The number of nitrogens with one attached hydrogen (secondary N) is 2. The van der Waals surface area contributed by atoms with Crippen molar-refractivity contribution in [2.45, 2.75) is 33.1 Å². The van der Waals surface area contributed by atoms with Gasteiger partial charge in [-0.15, -0.1) is 35.3 Å². The molecule has 1 aromatic heterocycles. The normalized spacial score (nSPS) is 17.2. The van der Waals surface area contributed by atoms with Gasteiger partial charge in [-0.2, -0.15) is 0 Å². The minimum atomic E-state index is 0. The quantitative estimate of drug-likeness (QED) is 0.297. The highest BCUT2D eigenvalue weighted by molar-refractivity contribution is 14.0. The number of aryl methyl sites for hydroxylation is 1. The Morgan fingerprint density at radius 1 is 1.24 bits per heavy atom. The van der Waals surface area contributed by atoms with Gasteiger partial charge in [0, 0.05) is 44.5 Å². The molecule has 0 saturated carbocycles. The van der Waals surface area contributed by atoms with Crippen LogP contribution in [0.4, 0.5) is 0 Å². The van der Waals surface area contributed by atoms with Crippen LogP contribution >= 0.6 is 35.3 Å². The topological polar surface area (TPSA) is 52.6 Å². The summed E-state index contributed by atoms with van der Waals surface area (Å²) in [4.78, 5) is 11.9. The van der Waals surface area contributed by atoms with Crippen LogP contribution in [-0.4, -0.2) is 55.1 Å². The largest absolute Gasteiger partial charge is 0.357 e. The first-order valence-corrected chi connectivity index (χ1v) is 11.3. The molecule has 1 aromatic carbocycles. The Morgan fingerprint density at radius 2 is 2.07 bits per heavy atom. The molecule has 0 amide bonds. The summed E-state index contributed by atoms with van der Waals surface area (Å²) in [5, 5.41) is 10.1. The second kappa shape index (κ2) is 13.2. The number of aliphatic imine (C=N–C) groups is 1. The average molecular weight is 528 g/mol. The number of likely N-dealkylation sites (tertiary alicyclic amines) is 1. The van der Waals surface area contributed by atoms with Crippen LogP contribution in [0.1, 0.15) is 29.6 Å². The van der Waals surface area contributed by atoms with Crippen LogP contribution in [0.25, 0.3) is 0 Å². The molecule has 1 fully saturated rings. The van der Waals surface area contributed by atoms with Gasteiger partial charge in [-0.25, -0.2) is 4.98 Å². The first-order chi connectivity index (χ1) is 13.7. The molecule has 2 aromatic rings. The number of hydrogen-bond donors (Lipinski definition) is 2. The lowest BCUT2D eigenvalue weighted by Gasteiger charge is -2.16. The molecule has 1 saturated heterocycles. The van der Waals surface area contributed by atoms with E-state index in [2.05, 4.69) is 70.1 Å². The molecule has 3 rings (SSSR count). The van der Waals surface area contributed by atoms with Gasteiger partial charge in [0.2, 0.25) is 0 Å². The van der Waals surface area contributed by atoms with Crippen LogP contribution < -0.4 is 10.6 Å². The van der Waals surface area contributed by atoms with Crippen LogP contribution in [0.2, 0.25) is 0 Å². The summed E-state index contributed by atoms with van der Waals surface area (Å²) >= 11 is 1.71. The summed E-state index contributed by atoms with van der Waals surface area (Å²) in [6, 6.07) is 10.8. The van der Waals surface area contributed by atoms with Crippen molar-refractivity contribution in [2.75, 3.05) is 39.3 Å². The van der Waals surface area contributed by atoms with E-state index in [4.69, 9.17) is 4.99 Å². The summed E-state index contributed by atoms with van der Waals surface area (Å²) < 4.78 is 0. The van der Waals surface area contributed by atoms with Gasteiger partial charge in [0.1, 0.15) is 0 Å². The summed E-state index contributed by atoms with van der Waals surface area (Å²) in [6.07, 6.45) is 3.32. The number of benzene rings is 1. The number of halogens is 1. The van der Waals surface area contributed by atoms with Crippen molar-refractivity contribution in [2.24, 2.45) is 10.9 Å². The van der Waals surface area contributed by atoms with Gasteiger partial charge in [-0.05, 0) is 44.7 Å². The van der Waals surface area contributed by atoms with E-state index in [-0.39, 0.29) is 24.0 Å². The summed E-state index contributed by atoms with van der Waals surface area (Å²) in [6.45, 7) is 10.3. The fraction of sp³-hybridized carbons (Fsp3) is 0.545. The fourth-order valence-corrected chi connectivity index (χ4v) is 4.24. The van der Waals surface area contributed by atoms with Crippen LogP contribution in [0, 0.1) is 12.8 Å². The van der Waals surface area contributed by atoms with Crippen LogP contribution in [0.15, 0.2) is 40.7 Å². The number of thiazole rings is 1. The zero-order valence-corrected chi connectivity index (χ0v) is 20.7. The Hall–Kier alpha value is -1.19. The maximum atomic E-state index is 4.83. The number of hydrogen-bond acceptors (Lipinski definition) is 4. The van der Waals surface area contributed by atoms with Crippen molar-refractivity contribution >= 4 is 41.3 Å². The molecule has 1 atom stereocenters. The highest BCUT2D eigenvalue weighted by Crippen LogP contribution is 2.17. The third-order valence-corrected chi connectivity index (χ3v) is 5.94. The van der Waals surface area contributed by atoms with E-state index in [1.807, 2.05) is 0 Å². The number of guanidine groups is 1. The second-order valence-corrected chi connectivity index (χ2v) is 8.51. The average Bonchev–Trinajstić information content (AvgIpc) is 3.34. The molecule has 2 heterocycles. The Balaban J connectivity index is 0.00000300. The zero-order chi connectivity index (χ0) is 19.6. The molecule has 0 radical (unpaired) electrons. The Bertz CT molecular complexity index is 734. The maximum absolute atomic E-state index is 4.83. The van der Waals surface area contributed by atoms with Gasteiger partial charge in [0.05, 0.1) is 10.7 Å². The van der Waals surface area contributed by atoms with E-state index in [1.54, 1.807) is 11.3 Å². The molecule has 0 bridgehead atoms. The predicted molar refractivity (Wildman–Crippen MR) is 135 cm³/mol. The van der Waals surface area contributed by atoms with Gasteiger partial charge >= 0.3 is 0 Å². The lowest BCUT2D eigenvalue weighted by atomic mass is 10.1. The van der Waals surface area contributed by atoms with E-state index >= 15 is 0 Å². The first kappa shape index (κ1) is 24.1. The molecule has 5 nitrogen and oxygen atoms in total. The summed E-state index contributed by atoms with van der Waals surface area (Å²) in [5.41, 5.74) is 2.59. The molecule has 2 N–H and O–H groups in total. The molecule has 1 aliphatic rings. The third kappa shape index (κ3) is 8.60. The highest BCUT2D eigenvalue weighted by Gasteiger charge is 2.21. The van der Waals surface area contributed by atoms with Gasteiger partial charge in [-0.1, -0.05) is 30.3 Å². The van der Waals surface area contributed by atoms with Gasteiger partial charge in [0.15, 0.2) is 5.96 Å². The van der Waals surface area contributed by atoms with E-state index in [9.17, 15) is 0 Å². The first-order valence-electron chi connectivity index (χ1n) is 10.4. The van der Waals surface area contributed by atoms with Crippen LogP contribution in [0.3, 0.4) is 0 Å². The van der Waals surface area contributed by atoms with E-state index in [1.165, 1.54) is 18.5 Å².